The van der Waals surface area contributed by atoms with Crippen molar-refractivity contribution >= 4 is 55.7 Å². The number of benzene rings is 2. The summed E-state index contributed by atoms with van der Waals surface area (Å²) in [5, 5.41) is 16.3. The summed E-state index contributed by atoms with van der Waals surface area (Å²) in [6, 6.07) is 9.17. The number of aromatic hydroxyl groups is 1. The fourth-order valence-corrected chi connectivity index (χ4v) is 3.67. The topological polar surface area (TPSA) is 104 Å². The number of hydrogen-bond donors (Lipinski definition) is 4. The quantitative estimate of drug-likeness (QED) is 0.548. The van der Waals surface area contributed by atoms with Crippen molar-refractivity contribution in [3.63, 3.8) is 0 Å². The Hall–Kier alpha value is -2.77. The minimum Gasteiger partial charge on any atom is -0.508 e. The molecule has 1 aromatic heterocycles. The maximum atomic E-state index is 12.2. The zero-order valence-electron chi connectivity index (χ0n) is 13.1. The molecule has 0 aliphatic rings. The third kappa shape index (κ3) is 3.52. The molecule has 0 aliphatic carbocycles. The normalized spacial score (nSPS) is 10.6. The van der Waals surface area contributed by atoms with Crippen LogP contribution in [0.5, 0.6) is 5.75 Å². The molecule has 0 saturated carbocycles. The van der Waals surface area contributed by atoms with Gasteiger partial charge in [-0.05, 0) is 42.8 Å². The van der Waals surface area contributed by atoms with Gasteiger partial charge in [-0.25, -0.2) is 4.79 Å². The second kappa shape index (κ2) is 6.62. The van der Waals surface area contributed by atoms with Gasteiger partial charge in [0.1, 0.15) is 10.8 Å². The number of primary amides is 1. The first-order valence-electron chi connectivity index (χ1n) is 7.24. The van der Waals surface area contributed by atoms with Crippen molar-refractivity contribution in [1.29, 1.82) is 0 Å². The van der Waals surface area contributed by atoms with E-state index in [4.69, 9.17) is 17.3 Å². The van der Waals surface area contributed by atoms with Crippen molar-refractivity contribution in [1.82, 2.24) is 0 Å². The molecule has 0 unspecified atom stereocenters. The van der Waals surface area contributed by atoms with Gasteiger partial charge in [0.2, 0.25) is 0 Å². The number of anilines is 2. The number of carbonyl (C=O) groups excluding carboxylic acids is 2. The molecule has 0 spiro atoms. The Morgan fingerprint density at radius 3 is 2.60 bits per heavy atom. The van der Waals surface area contributed by atoms with Crippen molar-refractivity contribution in [2.45, 2.75) is 6.92 Å². The molecule has 0 fully saturated rings. The van der Waals surface area contributed by atoms with Crippen LogP contribution < -0.4 is 16.4 Å². The number of carbonyl (C=O) groups is 2. The largest absolute Gasteiger partial charge is 0.508 e. The van der Waals surface area contributed by atoms with E-state index in [1.165, 1.54) is 12.1 Å². The lowest BCUT2D eigenvalue weighted by Gasteiger charge is -2.08. The minimum absolute atomic E-state index is 0.0649. The summed E-state index contributed by atoms with van der Waals surface area (Å²) in [5.74, 6) is -0.597. The summed E-state index contributed by atoms with van der Waals surface area (Å²) in [4.78, 5) is 24.0. The molecule has 3 rings (SSSR count). The van der Waals surface area contributed by atoms with Crippen LogP contribution in [-0.2, 0) is 0 Å². The van der Waals surface area contributed by atoms with Gasteiger partial charge >= 0.3 is 6.03 Å². The standard InChI is InChI=1S/C17H14ClN3O3S/c1-8-2-3-9(6-12(8)18)20-17(24)21-16-14(15(19)23)11-5-4-10(22)7-13(11)25-16/h2-7,22H,1H3,(H2,19,23)(H2,20,21,24). The number of phenols is 1. The highest BCUT2D eigenvalue weighted by molar-refractivity contribution is 7.23. The lowest BCUT2D eigenvalue weighted by Crippen LogP contribution is -2.21. The number of fused-ring (bicyclic) bond motifs is 1. The minimum atomic E-state index is -0.661. The van der Waals surface area contributed by atoms with E-state index in [9.17, 15) is 14.7 Å². The van der Waals surface area contributed by atoms with Crippen LogP contribution >= 0.6 is 22.9 Å². The highest BCUT2D eigenvalue weighted by atomic mass is 35.5. The predicted molar refractivity (Wildman–Crippen MR) is 101 cm³/mol. The molecule has 3 amide bonds. The molecule has 2 aromatic carbocycles. The van der Waals surface area contributed by atoms with Gasteiger partial charge in [0.05, 0.1) is 5.56 Å². The number of phenolic OH excluding ortho intramolecular Hbond substituents is 1. The Kier molecular flexibility index (Phi) is 4.52. The first-order valence-corrected chi connectivity index (χ1v) is 8.44. The van der Waals surface area contributed by atoms with E-state index in [0.29, 0.717) is 25.8 Å². The Morgan fingerprint density at radius 1 is 1.16 bits per heavy atom. The van der Waals surface area contributed by atoms with Crippen molar-refractivity contribution in [3.05, 3.63) is 52.5 Å². The van der Waals surface area contributed by atoms with Crippen molar-refractivity contribution in [3.8, 4) is 5.75 Å². The summed E-state index contributed by atoms with van der Waals surface area (Å²) < 4.78 is 0.641. The molecule has 8 heteroatoms. The van der Waals surface area contributed by atoms with Gasteiger partial charge in [0, 0.05) is 20.8 Å². The fraction of sp³-hybridized carbons (Fsp3) is 0.0588. The average Bonchev–Trinajstić information content (AvgIpc) is 2.87. The zero-order valence-corrected chi connectivity index (χ0v) is 14.7. The van der Waals surface area contributed by atoms with E-state index < -0.39 is 11.9 Å². The van der Waals surface area contributed by atoms with E-state index in [1.54, 1.807) is 24.3 Å². The number of nitrogens with two attached hydrogens (primary N) is 1. The highest BCUT2D eigenvalue weighted by Gasteiger charge is 2.19. The van der Waals surface area contributed by atoms with Crippen LogP contribution in [0.15, 0.2) is 36.4 Å². The molecule has 5 N–H and O–H groups in total. The van der Waals surface area contributed by atoms with Crippen molar-refractivity contribution in [2.24, 2.45) is 5.73 Å². The molecule has 128 valence electrons. The molecule has 3 aromatic rings. The van der Waals surface area contributed by atoms with Crippen LogP contribution in [0.2, 0.25) is 5.02 Å². The molecular weight excluding hydrogens is 362 g/mol. The number of thiophene rings is 1. The van der Waals surface area contributed by atoms with Gasteiger partial charge < -0.3 is 16.2 Å². The van der Waals surface area contributed by atoms with Crippen molar-refractivity contribution < 1.29 is 14.7 Å². The molecule has 6 nitrogen and oxygen atoms in total. The first kappa shape index (κ1) is 17.1. The van der Waals surface area contributed by atoms with E-state index >= 15 is 0 Å². The third-order valence-corrected chi connectivity index (χ3v) is 5.05. The van der Waals surface area contributed by atoms with Crippen LogP contribution in [0.3, 0.4) is 0 Å². The molecule has 0 aliphatic heterocycles. The number of halogens is 1. The SMILES string of the molecule is Cc1ccc(NC(=O)Nc2sc3cc(O)ccc3c2C(N)=O)cc1Cl. The first-order chi connectivity index (χ1) is 11.8. The van der Waals surface area contributed by atoms with Crippen LogP contribution in [0, 0.1) is 6.92 Å². The monoisotopic (exact) mass is 375 g/mol. The van der Waals surface area contributed by atoms with E-state index in [0.717, 1.165) is 16.9 Å². The zero-order chi connectivity index (χ0) is 18.1. The Bertz CT molecular complexity index is 1000. The van der Waals surface area contributed by atoms with Crippen molar-refractivity contribution in [2.75, 3.05) is 10.6 Å². The Labute approximate surface area is 152 Å². The summed E-state index contributed by atoms with van der Waals surface area (Å²) >= 11 is 7.19. The predicted octanol–water partition coefficient (Wildman–Crippen LogP) is 4.31. The Morgan fingerprint density at radius 2 is 1.92 bits per heavy atom. The highest BCUT2D eigenvalue weighted by Crippen LogP contribution is 2.37. The van der Waals surface area contributed by atoms with Crippen LogP contribution in [0.4, 0.5) is 15.5 Å². The molecule has 0 radical (unpaired) electrons. The summed E-state index contributed by atoms with van der Waals surface area (Å²) in [5.41, 5.74) is 7.07. The van der Waals surface area contributed by atoms with Gasteiger partial charge in [-0.1, -0.05) is 17.7 Å². The molecule has 0 bridgehead atoms. The third-order valence-electron chi connectivity index (χ3n) is 3.58. The van der Waals surface area contributed by atoms with Gasteiger partial charge in [0.15, 0.2) is 0 Å². The number of rotatable bonds is 3. The van der Waals surface area contributed by atoms with Gasteiger partial charge in [-0.15, -0.1) is 11.3 Å². The van der Waals surface area contributed by atoms with Gasteiger partial charge in [0.25, 0.3) is 5.91 Å². The maximum absolute atomic E-state index is 12.2. The van der Waals surface area contributed by atoms with E-state index in [1.807, 2.05) is 6.92 Å². The van der Waals surface area contributed by atoms with Crippen LogP contribution in [0.25, 0.3) is 10.1 Å². The summed E-state index contributed by atoms with van der Waals surface area (Å²) in [7, 11) is 0. The number of nitrogens with one attached hydrogen (secondary N) is 2. The lowest BCUT2D eigenvalue weighted by atomic mass is 10.1. The average molecular weight is 376 g/mol. The smallest absolute Gasteiger partial charge is 0.324 e. The van der Waals surface area contributed by atoms with Gasteiger partial charge in [-0.3, -0.25) is 10.1 Å². The lowest BCUT2D eigenvalue weighted by molar-refractivity contribution is 0.100. The molecular formula is C17H14ClN3O3S. The number of aryl methyl sites for hydroxylation is 1. The fourth-order valence-electron chi connectivity index (χ4n) is 2.35. The second-order valence-electron chi connectivity index (χ2n) is 5.39. The number of urea groups is 1. The Balaban J connectivity index is 1.88. The van der Waals surface area contributed by atoms with Crippen LogP contribution in [-0.4, -0.2) is 17.0 Å². The second-order valence-corrected chi connectivity index (χ2v) is 6.85. The maximum Gasteiger partial charge on any atom is 0.324 e. The summed E-state index contributed by atoms with van der Waals surface area (Å²) in [6.45, 7) is 1.86. The van der Waals surface area contributed by atoms with E-state index in [2.05, 4.69) is 10.6 Å². The number of amides is 3. The van der Waals surface area contributed by atoms with Crippen LogP contribution in [0.1, 0.15) is 15.9 Å². The number of hydrogen-bond acceptors (Lipinski definition) is 4. The summed E-state index contributed by atoms with van der Waals surface area (Å²) in [6.07, 6.45) is 0. The molecule has 25 heavy (non-hydrogen) atoms. The molecule has 0 atom stereocenters. The van der Waals surface area contributed by atoms with Gasteiger partial charge in [-0.2, -0.15) is 0 Å². The molecule has 1 heterocycles. The molecule has 0 saturated heterocycles. The van der Waals surface area contributed by atoms with E-state index in [-0.39, 0.29) is 11.3 Å².